The van der Waals surface area contributed by atoms with Gasteiger partial charge in [0.25, 0.3) is 0 Å². The molecule has 1 atom stereocenters. The molecule has 0 aromatic heterocycles. The van der Waals surface area contributed by atoms with Gasteiger partial charge in [-0.25, -0.2) is 4.39 Å². The summed E-state index contributed by atoms with van der Waals surface area (Å²) in [4.78, 5) is 0. The fourth-order valence-electron chi connectivity index (χ4n) is 2.22. The Kier molecular flexibility index (Phi) is 4.59. The summed E-state index contributed by atoms with van der Waals surface area (Å²) in [6.07, 6.45) is 0. The summed E-state index contributed by atoms with van der Waals surface area (Å²) < 4.78 is 13.1. The van der Waals surface area contributed by atoms with Crippen molar-refractivity contribution in [2.24, 2.45) is 0 Å². The molecule has 1 N–H and O–H groups in total. The molecule has 0 aliphatic heterocycles. The van der Waals surface area contributed by atoms with Gasteiger partial charge in [-0.1, -0.05) is 38.1 Å². The molecule has 0 saturated heterocycles. The predicted molar refractivity (Wildman–Crippen MR) is 83.7 cm³/mol. The fraction of sp³-hybridized carbons (Fsp3) is 0.278. The van der Waals surface area contributed by atoms with Crippen molar-refractivity contribution in [3.8, 4) is 6.07 Å². The minimum Gasteiger partial charge on any atom is -0.377 e. The fourth-order valence-corrected chi connectivity index (χ4v) is 2.22. The van der Waals surface area contributed by atoms with Crippen LogP contribution in [0.15, 0.2) is 42.5 Å². The lowest BCUT2D eigenvalue weighted by Crippen LogP contribution is -2.08. The molecule has 0 aliphatic carbocycles. The third kappa shape index (κ3) is 3.61. The molecule has 0 heterocycles. The molecular formula is C18H19FN2. The van der Waals surface area contributed by atoms with Crippen LogP contribution in [0.2, 0.25) is 0 Å². The standard InChI is InChI=1S/C18H19FN2/c1-12(2)14-4-6-15(7-5-14)13(3)21-18-9-8-17(19)10-16(18)11-20/h4-10,12-13,21H,1-3H3. The molecule has 0 radical (unpaired) electrons. The van der Waals surface area contributed by atoms with Crippen LogP contribution in [-0.4, -0.2) is 0 Å². The van der Waals surface area contributed by atoms with Crippen LogP contribution in [0.25, 0.3) is 0 Å². The van der Waals surface area contributed by atoms with E-state index in [1.54, 1.807) is 6.07 Å². The maximum absolute atomic E-state index is 13.1. The summed E-state index contributed by atoms with van der Waals surface area (Å²) in [5.74, 6) is 0.107. The Morgan fingerprint density at radius 3 is 2.19 bits per heavy atom. The van der Waals surface area contributed by atoms with Gasteiger partial charge in [0.2, 0.25) is 0 Å². The summed E-state index contributed by atoms with van der Waals surface area (Å²) >= 11 is 0. The largest absolute Gasteiger partial charge is 0.377 e. The molecule has 3 heteroatoms. The summed E-state index contributed by atoms with van der Waals surface area (Å²) in [6.45, 7) is 6.34. The number of hydrogen-bond acceptors (Lipinski definition) is 2. The molecule has 0 amide bonds. The van der Waals surface area contributed by atoms with Crippen LogP contribution < -0.4 is 5.32 Å². The Labute approximate surface area is 125 Å². The zero-order valence-electron chi connectivity index (χ0n) is 12.5. The molecule has 108 valence electrons. The number of anilines is 1. The number of nitrogens with one attached hydrogen (secondary N) is 1. The molecule has 21 heavy (non-hydrogen) atoms. The average molecular weight is 282 g/mol. The van der Waals surface area contributed by atoms with Gasteiger partial charge in [-0.2, -0.15) is 5.26 Å². The summed E-state index contributed by atoms with van der Waals surface area (Å²) in [7, 11) is 0. The Hall–Kier alpha value is -2.34. The number of rotatable bonds is 4. The number of hydrogen-bond donors (Lipinski definition) is 1. The lowest BCUT2D eigenvalue weighted by molar-refractivity contribution is 0.627. The first-order chi connectivity index (χ1) is 10.0. The zero-order valence-corrected chi connectivity index (χ0v) is 12.5. The van der Waals surface area contributed by atoms with E-state index in [1.807, 2.05) is 13.0 Å². The Morgan fingerprint density at radius 1 is 1.00 bits per heavy atom. The number of nitrogens with zero attached hydrogens (tertiary/aromatic N) is 1. The number of benzene rings is 2. The number of nitriles is 1. The van der Waals surface area contributed by atoms with E-state index in [9.17, 15) is 4.39 Å². The second-order valence-electron chi connectivity index (χ2n) is 5.49. The van der Waals surface area contributed by atoms with Crippen LogP contribution in [0.3, 0.4) is 0 Å². The van der Waals surface area contributed by atoms with Gasteiger partial charge >= 0.3 is 0 Å². The monoisotopic (exact) mass is 282 g/mol. The van der Waals surface area contributed by atoms with Gasteiger partial charge in [0, 0.05) is 6.04 Å². The van der Waals surface area contributed by atoms with Crippen molar-refractivity contribution in [1.82, 2.24) is 0 Å². The first-order valence-corrected chi connectivity index (χ1v) is 7.07. The molecule has 0 fully saturated rings. The third-order valence-corrected chi connectivity index (χ3v) is 3.58. The third-order valence-electron chi connectivity index (χ3n) is 3.58. The van der Waals surface area contributed by atoms with E-state index in [4.69, 9.17) is 5.26 Å². The van der Waals surface area contributed by atoms with Crippen molar-refractivity contribution in [3.05, 3.63) is 65.0 Å². The molecule has 2 rings (SSSR count). The van der Waals surface area contributed by atoms with E-state index in [0.717, 1.165) is 5.56 Å². The molecule has 0 bridgehead atoms. The topological polar surface area (TPSA) is 35.8 Å². The maximum Gasteiger partial charge on any atom is 0.124 e. The minimum absolute atomic E-state index is 0.0452. The lowest BCUT2D eigenvalue weighted by Gasteiger charge is -2.17. The van der Waals surface area contributed by atoms with Gasteiger partial charge < -0.3 is 5.32 Å². The Morgan fingerprint density at radius 2 is 1.62 bits per heavy atom. The van der Waals surface area contributed by atoms with E-state index < -0.39 is 5.82 Å². The van der Waals surface area contributed by atoms with Gasteiger partial charge in [0.15, 0.2) is 0 Å². The van der Waals surface area contributed by atoms with Crippen LogP contribution in [0, 0.1) is 17.1 Å². The average Bonchev–Trinajstić information content (AvgIpc) is 2.49. The highest BCUT2D eigenvalue weighted by Gasteiger charge is 2.10. The zero-order chi connectivity index (χ0) is 15.4. The maximum atomic E-state index is 13.1. The predicted octanol–water partition coefficient (Wildman–Crippen LogP) is 4.99. The van der Waals surface area contributed by atoms with E-state index >= 15 is 0 Å². The summed E-state index contributed by atoms with van der Waals surface area (Å²) in [5.41, 5.74) is 3.40. The van der Waals surface area contributed by atoms with Crippen LogP contribution >= 0.6 is 0 Å². The van der Waals surface area contributed by atoms with Crippen LogP contribution in [-0.2, 0) is 0 Å². The molecular weight excluding hydrogens is 263 g/mol. The van der Waals surface area contributed by atoms with Gasteiger partial charge in [-0.05, 0) is 42.2 Å². The highest BCUT2D eigenvalue weighted by Crippen LogP contribution is 2.24. The Balaban J connectivity index is 2.18. The van der Waals surface area contributed by atoms with Crippen molar-refractivity contribution in [2.75, 3.05) is 5.32 Å². The van der Waals surface area contributed by atoms with Crippen molar-refractivity contribution in [1.29, 1.82) is 5.26 Å². The van der Waals surface area contributed by atoms with Crippen molar-refractivity contribution >= 4 is 5.69 Å². The van der Waals surface area contributed by atoms with Crippen LogP contribution in [0.5, 0.6) is 0 Å². The minimum atomic E-state index is -0.397. The smallest absolute Gasteiger partial charge is 0.124 e. The van der Waals surface area contributed by atoms with Crippen molar-refractivity contribution < 1.29 is 4.39 Å². The van der Waals surface area contributed by atoms with Crippen molar-refractivity contribution in [2.45, 2.75) is 32.7 Å². The summed E-state index contributed by atoms with van der Waals surface area (Å²) in [6, 6.07) is 14.7. The molecule has 0 spiro atoms. The van der Waals surface area contributed by atoms with Crippen LogP contribution in [0.1, 0.15) is 49.4 Å². The quantitative estimate of drug-likeness (QED) is 0.857. The van der Waals surface area contributed by atoms with Gasteiger partial charge in [-0.15, -0.1) is 0 Å². The van der Waals surface area contributed by atoms with E-state index in [1.165, 1.54) is 17.7 Å². The SMILES string of the molecule is CC(C)c1ccc(C(C)Nc2ccc(F)cc2C#N)cc1. The van der Waals surface area contributed by atoms with E-state index in [2.05, 4.69) is 43.4 Å². The first kappa shape index (κ1) is 15.1. The molecule has 1 unspecified atom stereocenters. The number of halogens is 1. The highest BCUT2D eigenvalue weighted by atomic mass is 19.1. The highest BCUT2D eigenvalue weighted by molar-refractivity contribution is 5.58. The summed E-state index contributed by atoms with van der Waals surface area (Å²) in [5, 5.41) is 12.3. The normalized spacial score (nSPS) is 12.0. The second-order valence-corrected chi connectivity index (χ2v) is 5.49. The van der Waals surface area contributed by atoms with Gasteiger partial charge in [-0.3, -0.25) is 0 Å². The molecule has 2 nitrogen and oxygen atoms in total. The van der Waals surface area contributed by atoms with Crippen molar-refractivity contribution in [3.63, 3.8) is 0 Å². The van der Waals surface area contributed by atoms with Gasteiger partial charge in [0.05, 0.1) is 11.3 Å². The molecule has 0 saturated carbocycles. The molecule has 2 aromatic carbocycles. The van der Waals surface area contributed by atoms with Gasteiger partial charge in [0.1, 0.15) is 11.9 Å². The second kappa shape index (κ2) is 6.41. The van der Waals surface area contributed by atoms with E-state index in [-0.39, 0.29) is 6.04 Å². The Bertz CT molecular complexity index is 654. The van der Waals surface area contributed by atoms with Crippen LogP contribution in [0.4, 0.5) is 10.1 Å². The molecule has 2 aromatic rings. The molecule has 0 aliphatic rings. The lowest BCUT2D eigenvalue weighted by atomic mass is 9.99. The van der Waals surface area contributed by atoms with E-state index in [0.29, 0.717) is 17.2 Å². The first-order valence-electron chi connectivity index (χ1n) is 7.07.